The molecule has 0 aliphatic heterocycles. The fourth-order valence-corrected chi connectivity index (χ4v) is 1.27. The molecule has 0 bridgehead atoms. The van der Waals surface area contributed by atoms with E-state index in [4.69, 9.17) is 33.7 Å². The van der Waals surface area contributed by atoms with E-state index in [1.807, 2.05) is 0 Å². The van der Waals surface area contributed by atoms with Gasteiger partial charge >= 0.3 is 5.97 Å². The lowest BCUT2D eigenvalue weighted by Crippen LogP contribution is -2.19. The van der Waals surface area contributed by atoms with Gasteiger partial charge in [0.05, 0.1) is 6.54 Å². The minimum atomic E-state index is -0.529. The third kappa shape index (κ3) is 3.22. The molecule has 0 aromatic heterocycles. The molecule has 0 spiro atoms. The quantitative estimate of drug-likeness (QED) is 0.611. The van der Waals surface area contributed by atoms with Crippen molar-refractivity contribution in [1.29, 1.82) is 0 Å². The first-order valence-electron chi connectivity index (χ1n) is 3.48. The maximum atomic E-state index is 10.8. The molecule has 2 N–H and O–H groups in total. The van der Waals surface area contributed by atoms with Crippen LogP contribution in [0.15, 0.2) is 18.2 Å². The zero-order valence-corrected chi connectivity index (χ0v) is 8.10. The van der Waals surface area contributed by atoms with Gasteiger partial charge in [-0.2, -0.15) is 0 Å². The topological polar surface area (TPSA) is 52.3 Å². The molecule has 0 aliphatic rings. The standard InChI is InChI=1S/C8H7Cl2NO2/c9-5-1-6(10)3-7(2-5)13-8(12)4-11/h1-3H,4,11H2. The van der Waals surface area contributed by atoms with E-state index in [-0.39, 0.29) is 6.54 Å². The van der Waals surface area contributed by atoms with Crippen LogP contribution in [-0.4, -0.2) is 12.5 Å². The van der Waals surface area contributed by atoms with E-state index in [0.29, 0.717) is 15.8 Å². The van der Waals surface area contributed by atoms with Gasteiger partial charge in [0.1, 0.15) is 5.75 Å². The Morgan fingerprint density at radius 2 is 1.85 bits per heavy atom. The summed E-state index contributed by atoms with van der Waals surface area (Å²) in [5, 5.41) is 0.819. The summed E-state index contributed by atoms with van der Waals surface area (Å²) in [6, 6.07) is 4.52. The van der Waals surface area contributed by atoms with Crippen LogP contribution in [0.1, 0.15) is 0 Å². The number of halogens is 2. The number of carbonyl (C=O) groups excluding carboxylic acids is 1. The molecular formula is C8H7Cl2NO2. The molecule has 5 heteroatoms. The van der Waals surface area contributed by atoms with Crippen molar-refractivity contribution >= 4 is 29.2 Å². The van der Waals surface area contributed by atoms with Crippen molar-refractivity contribution in [3.05, 3.63) is 28.2 Å². The summed E-state index contributed by atoms with van der Waals surface area (Å²) in [7, 11) is 0. The highest BCUT2D eigenvalue weighted by Crippen LogP contribution is 2.23. The number of nitrogens with two attached hydrogens (primary N) is 1. The molecule has 0 fully saturated rings. The van der Waals surface area contributed by atoms with Gasteiger partial charge in [-0.25, -0.2) is 0 Å². The first-order valence-corrected chi connectivity index (χ1v) is 4.24. The Hall–Kier alpha value is -0.770. The van der Waals surface area contributed by atoms with Crippen molar-refractivity contribution in [3.63, 3.8) is 0 Å². The van der Waals surface area contributed by atoms with Gasteiger partial charge in [0.2, 0.25) is 0 Å². The summed E-state index contributed by atoms with van der Waals surface area (Å²) < 4.78 is 4.79. The minimum Gasteiger partial charge on any atom is -0.425 e. The zero-order chi connectivity index (χ0) is 9.84. The summed E-state index contributed by atoms with van der Waals surface area (Å²) in [6.07, 6.45) is 0. The first-order chi connectivity index (χ1) is 6.11. The second-order valence-corrected chi connectivity index (χ2v) is 3.16. The van der Waals surface area contributed by atoms with Gasteiger partial charge in [0.15, 0.2) is 0 Å². The molecule has 1 aromatic rings. The number of rotatable bonds is 2. The van der Waals surface area contributed by atoms with E-state index in [1.165, 1.54) is 12.1 Å². The molecule has 1 aromatic carbocycles. The Morgan fingerprint density at radius 3 is 2.31 bits per heavy atom. The van der Waals surface area contributed by atoms with E-state index in [0.717, 1.165) is 0 Å². The molecule has 3 nitrogen and oxygen atoms in total. The number of hydrogen-bond acceptors (Lipinski definition) is 3. The first kappa shape index (κ1) is 10.3. The van der Waals surface area contributed by atoms with E-state index in [9.17, 15) is 4.79 Å². The van der Waals surface area contributed by atoms with Gasteiger partial charge < -0.3 is 10.5 Å². The smallest absolute Gasteiger partial charge is 0.325 e. The molecule has 13 heavy (non-hydrogen) atoms. The van der Waals surface area contributed by atoms with E-state index in [1.54, 1.807) is 6.07 Å². The van der Waals surface area contributed by atoms with Crippen LogP contribution in [-0.2, 0) is 4.79 Å². The monoisotopic (exact) mass is 219 g/mol. The lowest BCUT2D eigenvalue weighted by atomic mass is 10.3. The number of benzene rings is 1. The molecule has 0 amide bonds. The fraction of sp³-hybridized carbons (Fsp3) is 0.125. The number of ether oxygens (including phenoxy) is 1. The van der Waals surface area contributed by atoms with Crippen LogP contribution in [0.3, 0.4) is 0 Å². The van der Waals surface area contributed by atoms with Crippen LogP contribution in [0.4, 0.5) is 0 Å². The average Bonchev–Trinajstić information content (AvgIpc) is 2.02. The third-order valence-corrected chi connectivity index (χ3v) is 1.67. The Labute approximate surface area is 85.4 Å². The van der Waals surface area contributed by atoms with Crippen molar-refractivity contribution in [2.75, 3.05) is 6.54 Å². The predicted octanol–water partition coefficient (Wildman–Crippen LogP) is 1.86. The van der Waals surface area contributed by atoms with Crippen LogP contribution in [0.25, 0.3) is 0 Å². The molecular weight excluding hydrogens is 213 g/mol. The van der Waals surface area contributed by atoms with Crippen LogP contribution in [0.5, 0.6) is 5.75 Å². The summed E-state index contributed by atoms with van der Waals surface area (Å²) in [6.45, 7) is -0.176. The Morgan fingerprint density at radius 1 is 1.31 bits per heavy atom. The SMILES string of the molecule is NCC(=O)Oc1cc(Cl)cc(Cl)c1. The Kier molecular flexibility index (Phi) is 3.54. The maximum absolute atomic E-state index is 10.8. The van der Waals surface area contributed by atoms with Crippen LogP contribution in [0, 0.1) is 0 Å². The molecule has 0 aliphatic carbocycles. The van der Waals surface area contributed by atoms with Crippen molar-refractivity contribution in [2.24, 2.45) is 5.73 Å². The molecule has 0 saturated heterocycles. The van der Waals surface area contributed by atoms with Crippen LogP contribution < -0.4 is 10.5 Å². The van der Waals surface area contributed by atoms with E-state index in [2.05, 4.69) is 0 Å². The average molecular weight is 220 g/mol. The zero-order valence-electron chi connectivity index (χ0n) is 6.59. The second kappa shape index (κ2) is 4.46. The largest absolute Gasteiger partial charge is 0.425 e. The van der Waals surface area contributed by atoms with Crippen molar-refractivity contribution in [3.8, 4) is 5.75 Å². The lowest BCUT2D eigenvalue weighted by Gasteiger charge is -2.03. The predicted molar refractivity (Wildman–Crippen MR) is 51.2 cm³/mol. The van der Waals surface area contributed by atoms with E-state index >= 15 is 0 Å². The Balaban J connectivity index is 2.83. The maximum Gasteiger partial charge on any atom is 0.325 e. The summed E-state index contributed by atoms with van der Waals surface area (Å²) in [5.74, 6) is -0.230. The van der Waals surface area contributed by atoms with Gasteiger partial charge in [0, 0.05) is 10.0 Å². The lowest BCUT2D eigenvalue weighted by molar-refractivity contribution is -0.132. The summed E-state index contributed by atoms with van der Waals surface area (Å²) in [5.41, 5.74) is 5.06. The summed E-state index contributed by atoms with van der Waals surface area (Å²) >= 11 is 11.3. The van der Waals surface area contributed by atoms with Crippen LogP contribution >= 0.6 is 23.2 Å². The highest BCUT2D eigenvalue weighted by Gasteiger charge is 2.03. The van der Waals surface area contributed by atoms with Crippen LogP contribution in [0.2, 0.25) is 10.0 Å². The highest BCUT2D eigenvalue weighted by molar-refractivity contribution is 6.34. The number of esters is 1. The normalized spacial score (nSPS) is 9.77. The van der Waals surface area contributed by atoms with Gasteiger partial charge in [-0.15, -0.1) is 0 Å². The molecule has 0 heterocycles. The molecule has 0 radical (unpaired) electrons. The van der Waals surface area contributed by atoms with Gasteiger partial charge in [-0.3, -0.25) is 4.79 Å². The van der Waals surface area contributed by atoms with Crippen molar-refractivity contribution in [2.45, 2.75) is 0 Å². The van der Waals surface area contributed by atoms with Crippen molar-refractivity contribution in [1.82, 2.24) is 0 Å². The van der Waals surface area contributed by atoms with Gasteiger partial charge in [0.25, 0.3) is 0 Å². The van der Waals surface area contributed by atoms with Gasteiger partial charge in [-0.1, -0.05) is 23.2 Å². The van der Waals surface area contributed by atoms with Gasteiger partial charge in [-0.05, 0) is 18.2 Å². The molecule has 1 rings (SSSR count). The minimum absolute atomic E-state index is 0.176. The number of hydrogen-bond donors (Lipinski definition) is 1. The van der Waals surface area contributed by atoms with E-state index < -0.39 is 5.97 Å². The Bertz CT molecular complexity index is 308. The molecule has 0 atom stereocenters. The fourth-order valence-electron chi connectivity index (χ4n) is 0.761. The molecule has 70 valence electrons. The summed E-state index contributed by atoms with van der Waals surface area (Å²) in [4.78, 5) is 10.8. The third-order valence-electron chi connectivity index (χ3n) is 1.23. The number of carbonyl (C=O) groups is 1. The molecule has 0 unspecified atom stereocenters. The van der Waals surface area contributed by atoms with Crippen molar-refractivity contribution < 1.29 is 9.53 Å². The highest BCUT2D eigenvalue weighted by atomic mass is 35.5. The second-order valence-electron chi connectivity index (χ2n) is 2.28. The molecule has 0 saturated carbocycles.